The molecule has 0 fully saturated rings. The van der Waals surface area contributed by atoms with Gasteiger partial charge >= 0.3 is 11.9 Å². The summed E-state index contributed by atoms with van der Waals surface area (Å²) in [7, 11) is 2.45. The average molecular weight is 471 g/mol. The Hall–Kier alpha value is -2.07. The first-order chi connectivity index (χ1) is 13.9. The van der Waals surface area contributed by atoms with Crippen LogP contribution in [0, 0.1) is 11.3 Å². The Labute approximate surface area is 183 Å². The van der Waals surface area contributed by atoms with Crippen molar-refractivity contribution >= 4 is 59.0 Å². The SMILES string of the molecule is CCNC(C(=O)OC)=C1Sc2c(O)c3c(c(O)c2S1)SC(=C(C#N)C(=O)OC)S3. The third-order valence-corrected chi connectivity index (χ3v) is 8.93. The summed E-state index contributed by atoms with van der Waals surface area (Å²) < 4.78 is 10.3. The number of hydrogen-bond acceptors (Lipinski definition) is 12. The lowest BCUT2D eigenvalue weighted by atomic mass is 10.3. The normalized spacial score (nSPS) is 14.0. The highest BCUT2D eigenvalue weighted by Gasteiger charge is 2.38. The number of rotatable bonds is 4. The number of carbonyl (C=O) groups excluding carboxylic acids is 2. The van der Waals surface area contributed by atoms with E-state index < -0.39 is 11.9 Å². The fourth-order valence-corrected chi connectivity index (χ4v) is 7.65. The number of ether oxygens (including phenoxy) is 2. The van der Waals surface area contributed by atoms with Crippen molar-refractivity contribution < 1.29 is 29.3 Å². The van der Waals surface area contributed by atoms with E-state index in [9.17, 15) is 25.1 Å². The fourth-order valence-electron chi connectivity index (χ4n) is 2.41. The molecule has 152 valence electrons. The largest absolute Gasteiger partial charge is 0.505 e. The Bertz CT molecular complexity index is 983. The number of aromatic hydroxyl groups is 2. The first kappa shape index (κ1) is 21.6. The van der Waals surface area contributed by atoms with Gasteiger partial charge in [0.1, 0.15) is 23.3 Å². The molecule has 0 atom stereocenters. The molecule has 2 aliphatic heterocycles. The van der Waals surface area contributed by atoms with E-state index in [2.05, 4.69) is 10.1 Å². The molecule has 0 saturated carbocycles. The molecule has 0 aliphatic carbocycles. The lowest BCUT2D eigenvalue weighted by Gasteiger charge is -2.09. The Morgan fingerprint density at radius 3 is 1.76 bits per heavy atom. The summed E-state index contributed by atoms with van der Waals surface area (Å²) in [6, 6.07) is 1.80. The number of benzene rings is 1. The molecule has 0 amide bonds. The van der Waals surface area contributed by atoms with Gasteiger partial charge in [0.15, 0.2) is 5.57 Å². The van der Waals surface area contributed by atoms with Gasteiger partial charge in [-0.05, 0) is 6.92 Å². The molecule has 0 saturated heterocycles. The van der Waals surface area contributed by atoms with Crippen molar-refractivity contribution in [3.05, 3.63) is 19.7 Å². The van der Waals surface area contributed by atoms with Crippen molar-refractivity contribution in [2.45, 2.75) is 26.5 Å². The van der Waals surface area contributed by atoms with Crippen molar-refractivity contribution in [2.75, 3.05) is 20.8 Å². The number of fused-ring (bicyclic) bond motifs is 2. The van der Waals surface area contributed by atoms with Gasteiger partial charge < -0.3 is 25.0 Å². The van der Waals surface area contributed by atoms with Crippen LogP contribution in [0.5, 0.6) is 11.5 Å². The lowest BCUT2D eigenvalue weighted by molar-refractivity contribution is -0.137. The van der Waals surface area contributed by atoms with E-state index >= 15 is 0 Å². The molecule has 12 heteroatoms. The number of hydrogen-bond donors (Lipinski definition) is 3. The third-order valence-electron chi connectivity index (χ3n) is 3.70. The van der Waals surface area contributed by atoms with E-state index in [-0.39, 0.29) is 22.8 Å². The lowest BCUT2D eigenvalue weighted by Crippen LogP contribution is -2.22. The van der Waals surface area contributed by atoms with Gasteiger partial charge in [-0.25, -0.2) is 9.59 Å². The number of carbonyl (C=O) groups is 2. The molecule has 1 aromatic carbocycles. The predicted molar refractivity (Wildman–Crippen MR) is 111 cm³/mol. The number of esters is 2. The van der Waals surface area contributed by atoms with Crippen LogP contribution in [-0.2, 0) is 19.1 Å². The molecule has 0 radical (unpaired) electrons. The number of phenols is 2. The monoisotopic (exact) mass is 470 g/mol. The quantitative estimate of drug-likeness (QED) is 0.258. The van der Waals surface area contributed by atoms with Crippen molar-refractivity contribution in [1.29, 1.82) is 5.26 Å². The number of nitrogens with zero attached hydrogens (tertiary/aromatic N) is 1. The van der Waals surface area contributed by atoms with E-state index in [1.54, 1.807) is 6.07 Å². The van der Waals surface area contributed by atoms with Crippen LogP contribution in [0.1, 0.15) is 6.92 Å². The molecule has 0 unspecified atom stereocenters. The van der Waals surface area contributed by atoms with Crippen molar-refractivity contribution in [2.24, 2.45) is 0 Å². The predicted octanol–water partition coefficient (Wildman–Crippen LogP) is 3.35. The highest BCUT2D eigenvalue weighted by Crippen LogP contribution is 2.67. The summed E-state index contributed by atoms with van der Waals surface area (Å²) in [4.78, 5) is 25.4. The second-order valence-corrected chi connectivity index (χ2v) is 9.97. The van der Waals surface area contributed by atoms with Crippen LogP contribution in [-0.4, -0.2) is 42.9 Å². The molecule has 29 heavy (non-hydrogen) atoms. The van der Waals surface area contributed by atoms with Crippen LogP contribution in [0.25, 0.3) is 0 Å². The highest BCUT2D eigenvalue weighted by molar-refractivity contribution is 8.26. The fraction of sp³-hybridized carbons (Fsp3) is 0.235. The van der Waals surface area contributed by atoms with Gasteiger partial charge in [-0.15, -0.1) is 0 Å². The van der Waals surface area contributed by atoms with E-state index in [4.69, 9.17) is 4.74 Å². The number of phenolic OH excluding ortho intramolecular Hbond substituents is 2. The maximum Gasteiger partial charge on any atom is 0.355 e. The number of likely N-dealkylation sites (N-methyl/N-ethyl adjacent to an activating group) is 1. The minimum absolute atomic E-state index is 0.0873. The first-order valence-electron chi connectivity index (χ1n) is 8.00. The molecular formula is C17H14N2O6S4. The minimum atomic E-state index is -0.788. The molecular weight excluding hydrogens is 456 g/mol. The third kappa shape index (κ3) is 3.75. The van der Waals surface area contributed by atoms with Crippen molar-refractivity contribution in [3.63, 3.8) is 0 Å². The zero-order valence-corrected chi connectivity index (χ0v) is 18.6. The first-order valence-corrected chi connectivity index (χ1v) is 11.3. The summed E-state index contributed by atoms with van der Waals surface area (Å²) >= 11 is 4.30. The summed E-state index contributed by atoms with van der Waals surface area (Å²) in [6.45, 7) is 2.32. The molecule has 0 spiro atoms. The van der Waals surface area contributed by atoms with Gasteiger partial charge in [0.25, 0.3) is 0 Å². The average Bonchev–Trinajstić information content (AvgIpc) is 3.35. The molecule has 0 aromatic heterocycles. The van der Waals surface area contributed by atoms with Crippen LogP contribution in [0.4, 0.5) is 0 Å². The van der Waals surface area contributed by atoms with Crippen LogP contribution < -0.4 is 5.32 Å². The van der Waals surface area contributed by atoms with Crippen LogP contribution in [0.15, 0.2) is 39.3 Å². The minimum Gasteiger partial charge on any atom is -0.505 e. The maximum absolute atomic E-state index is 12.1. The molecule has 2 aliphatic rings. The van der Waals surface area contributed by atoms with Gasteiger partial charge in [-0.3, -0.25) is 0 Å². The van der Waals surface area contributed by atoms with Crippen molar-refractivity contribution in [1.82, 2.24) is 5.32 Å². The summed E-state index contributed by atoms with van der Waals surface area (Å²) in [6.07, 6.45) is 0. The van der Waals surface area contributed by atoms with Crippen LogP contribution in [0.3, 0.4) is 0 Å². The van der Waals surface area contributed by atoms with Gasteiger partial charge in [0, 0.05) is 6.54 Å². The summed E-state index contributed by atoms with van der Waals surface area (Å²) in [5.41, 5.74) is 0.0529. The Morgan fingerprint density at radius 1 is 0.931 bits per heavy atom. The van der Waals surface area contributed by atoms with Gasteiger partial charge in [0.2, 0.25) is 0 Å². The standard InChI is InChI=1S/C17H14N2O6S4/c1-4-19-7(15(23)25-3)17-28-12-8(20)10-11(9(21)13(12)29-17)27-16(26-10)6(5-18)14(22)24-2/h19-21H,4H2,1-3H3. The van der Waals surface area contributed by atoms with Crippen LogP contribution in [0.2, 0.25) is 0 Å². The second-order valence-electron chi connectivity index (χ2n) is 5.37. The zero-order valence-electron chi connectivity index (χ0n) is 15.3. The smallest absolute Gasteiger partial charge is 0.355 e. The molecule has 8 nitrogen and oxygen atoms in total. The summed E-state index contributed by atoms with van der Waals surface area (Å²) in [5, 5.41) is 33.8. The van der Waals surface area contributed by atoms with E-state index in [0.29, 0.717) is 34.6 Å². The highest BCUT2D eigenvalue weighted by atomic mass is 32.2. The van der Waals surface area contributed by atoms with E-state index in [1.165, 1.54) is 14.2 Å². The van der Waals surface area contributed by atoms with E-state index in [0.717, 1.165) is 47.0 Å². The topological polar surface area (TPSA) is 129 Å². The van der Waals surface area contributed by atoms with E-state index in [1.807, 2.05) is 6.92 Å². The van der Waals surface area contributed by atoms with Gasteiger partial charge in [0.05, 0.1) is 42.3 Å². The summed E-state index contributed by atoms with van der Waals surface area (Å²) in [5.74, 6) is -1.51. The molecule has 3 rings (SSSR count). The Kier molecular flexibility index (Phi) is 6.52. The molecule has 2 heterocycles. The number of thioether (sulfide) groups is 4. The molecule has 3 N–H and O–H groups in total. The second kappa shape index (κ2) is 8.74. The number of nitriles is 1. The van der Waals surface area contributed by atoms with Gasteiger partial charge in [-0.1, -0.05) is 47.0 Å². The number of methoxy groups -OCH3 is 2. The number of nitrogens with one attached hydrogen (secondary N) is 1. The Balaban J connectivity index is 2.07. The zero-order chi connectivity index (χ0) is 21.3. The van der Waals surface area contributed by atoms with Crippen LogP contribution >= 0.6 is 47.0 Å². The molecule has 1 aromatic rings. The van der Waals surface area contributed by atoms with Gasteiger partial charge in [-0.2, -0.15) is 5.26 Å². The maximum atomic E-state index is 12.1. The Morgan fingerprint density at radius 2 is 1.38 bits per heavy atom. The van der Waals surface area contributed by atoms with Crippen molar-refractivity contribution in [3.8, 4) is 17.6 Å². The molecule has 0 bridgehead atoms.